The van der Waals surface area contributed by atoms with Crippen LogP contribution in [0.2, 0.25) is 5.02 Å². The molecule has 3 aromatic rings. The van der Waals surface area contributed by atoms with Crippen molar-refractivity contribution in [2.75, 3.05) is 13.6 Å². The van der Waals surface area contributed by atoms with Crippen LogP contribution in [0.4, 0.5) is 8.78 Å². The number of halogens is 3. The third kappa shape index (κ3) is 5.26. The van der Waals surface area contributed by atoms with E-state index in [9.17, 15) is 8.78 Å². The lowest BCUT2D eigenvalue weighted by atomic mass is 10.1. The number of nitrogens with one attached hydrogen (secondary N) is 2. The van der Waals surface area contributed by atoms with E-state index in [2.05, 4.69) is 25.8 Å². The van der Waals surface area contributed by atoms with Gasteiger partial charge >= 0.3 is 0 Å². The van der Waals surface area contributed by atoms with E-state index in [4.69, 9.17) is 16.1 Å². The van der Waals surface area contributed by atoms with Crippen LogP contribution in [0.1, 0.15) is 11.5 Å². The molecule has 6 nitrogen and oxygen atoms in total. The molecule has 146 valence electrons. The largest absolute Gasteiger partial charge is 0.356 e. The molecule has 0 unspecified atom stereocenters. The van der Waals surface area contributed by atoms with Gasteiger partial charge < -0.3 is 15.2 Å². The Hall–Kier alpha value is -3.00. The molecule has 0 aliphatic rings. The topological polar surface area (TPSA) is 75.3 Å². The monoisotopic (exact) mass is 405 g/mol. The highest BCUT2D eigenvalue weighted by molar-refractivity contribution is 6.30. The fourth-order valence-electron chi connectivity index (χ4n) is 2.47. The van der Waals surface area contributed by atoms with Gasteiger partial charge in [0.25, 0.3) is 0 Å². The van der Waals surface area contributed by atoms with Crippen LogP contribution in [0.15, 0.2) is 52.0 Å². The number of aliphatic imine (C=N–C) groups is 1. The van der Waals surface area contributed by atoms with E-state index in [1.807, 2.05) is 0 Å². The van der Waals surface area contributed by atoms with Crippen molar-refractivity contribution < 1.29 is 13.3 Å². The summed E-state index contributed by atoms with van der Waals surface area (Å²) in [5.74, 6) is 0.406. The van der Waals surface area contributed by atoms with Gasteiger partial charge in [0.2, 0.25) is 11.7 Å². The number of benzene rings is 2. The van der Waals surface area contributed by atoms with Crippen molar-refractivity contribution in [3.8, 4) is 11.4 Å². The zero-order valence-corrected chi connectivity index (χ0v) is 15.8. The van der Waals surface area contributed by atoms with Gasteiger partial charge in [-0.1, -0.05) is 16.8 Å². The predicted octanol–water partition coefficient (Wildman–Crippen LogP) is 3.58. The molecule has 2 aromatic carbocycles. The summed E-state index contributed by atoms with van der Waals surface area (Å²) in [7, 11) is 1.60. The second-order valence-corrected chi connectivity index (χ2v) is 6.29. The van der Waals surface area contributed by atoms with Crippen LogP contribution in [0.5, 0.6) is 0 Å². The first-order valence-electron chi connectivity index (χ1n) is 8.52. The Morgan fingerprint density at radius 2 is 1.93 bits per heavy atom. The van der Waals surface area contributed by atoms with Gasteiger partial charge in [-0.15, -0.1) is 0 Å². The van der Waals surface area contributed by atoms with Crippen LogP contribution in [0.25, 0.3) is 11.4 Å². The standard InChI is InChI=1S/C19H18ClF2N5O/c1-23-19(24-9-8-13-10-15(21)6-7-16(13)22)25-11-17-26-18(27-28-17)12-2-4-14(20)5-3-12/h2-7,10H,8-9,11H2,1H3,(H2,23,24,25). The van der Waals surface area contributed by atoms with Gasteiger partial charge in [0.05, 0.1) is 6.54 Å². The Morgan fingerprint density at radius 1 is 1.14 bits per heavy atom. The third-order valence-electron chi connectivity index (χ3n) is 3.90. The molecule has 28 heavy (non-hydrogen) atoms. The summed E-state index contributed by atoms with van der Waals surface area (Å²) in [5, 5.41) is 10.6. The molecular weight excluding hydrogens is 388 g/mol. The molecule has 0 aliphatic carbocycles. The van der Waals surface area contributed by atoms with E-state index in [0.717, 1.165) is 17.7 Å². The van der Waals surface area contributed by atoms with Crippen molar-refractivity contribution in [1.29, 1.82) is 0 Å². The summed E-state index contributed by atoms with van der Waals surface area (Å²) in [6.45, 7) is 0.633. The molecule has 3 rings (SSSR count). The first-order valence-corrected chi connectivity index (χ1v) is 8.90. The highest BCUT2D eigenvalue weighted by atomic mass is 35.5. The normalized spacial score (nSPS) is 11.5. The Labute approximate surface area is 165 Å². The zero-order chi connectivity index (χ0) is 19.9. The first kappa shape index (κ1) is 19.8. The number of hydrogen-bond acceptors (Lipinski definition) is 4. The lowest BCUT2D eigenvalue weighted by Gasteiger charge is -2.10. The minimum atomic E-state index is -0.466. The molecule has 9 heteroatoms. The molecule has 0 spiro atoms. The fourth-order valence-corrected chi connectivity index (χ4v) is 2.60. The quantitative estimate of drug-likeness (QED) is 0.484. The third-order valence-corrected chi connectivity index (χ3v) is 4.15. The fraction of sp³-hybridized carbons (Fsp3) is 0.211. The van der Waals surface area contributed by atoms with Crippen LogP contribution >= 0.6 is 11.6 Å². The number of rotatable bonds is 6. The van der Waals surface area contributed by atoms with Crippen molar-refractivity contribution in [3.63, 3.8) is 0 Å². The van der Waals surface area contributed by atoms with Gasteiger partial charge in [-0.3, -0.25) is 4.99 Å². The minimum Gasteiger partial charge on any atom is -0.356 e. The molecule has 0 atom stereocenters. The molecule has 1 aromatic heterocycles. The van der Waals surface area contributed by atoms with Gasteiger partial charge in [-0.05, 0) is 54.4 Å². The van der Waals surface area contributed by atoms with Gasteiger partial charge in [0.15, 0.2) is 5.96 Å². The summed E-state index contributed by atoms with van der Waals surface area (Å²) >= 11 is 5.87. The summed E-state index contributed by atoms with van der Waals surface area (Å²) in [6, 6.07) is 10.5. The van der Waals surface area contributed by atoms with Crippen LogP contribution in [-0.2, 0) is 13.0 Å². The van der Waals surface area contributed by atoms with Gasteiger partial charge in [-0.25, -0.2) is 8.78 Å². The first-order chi connectivity index (χ1) is 13.5. The average Bonchev–Trinajstić information content (AvgIpc) is 3.16. The molecule has 0 radical (unpaired) electrons. The maximum atomic E-state index is 13.6. The number of hydrogen-bond donors (Lipinski definition) is 2. The molecule has 2 N–H and O–H groups in total. The molecular formula is C19H18ClF2N5O. The molecule has 0 saturated heterocycles. The summed E-state index contributed by atoms with van der Waals surface area (Å²) in [5.41, 5.74) is 1.09. The molecule has 0 saturated carbocycles. The number of aromatic nitrogens is 2. The maximum Gasteiger partial charge on any atom is 0.246 e. The second-order valence-electron chi connectivity index (χ2n) is 5.86. The van der Waals surface area contributed by atoms with Crippen molar-refractivity contribution >= 4 is 17.6 Å². The van der Waals surface area contributed by atoms with Crippen LogP contribution in [0, 0.1) is 11.6 Å². The van der Waals surface area contributed by atoms with Crippen molar-refractivity contribution in [2.24, 2.45) is 4.99 Å². The molecule has 0 fully saturated rings. The predicted molar refractivity (Wildman–Crippen MR) is 103 cm³/mol. The van der Waals surface area contributed by atoms with E-state index >= 15 is 0 Å². The average molecular weight is 406 g/mol. The Bertz CT molecular complexity index is 959. The van der Waals surface area contributed by atoms with E-state index in [-0.39, 0.29) is 6.54 Å². The van der Waals surface area contributed by atoms with E-state index in [1.54, 1.807) is 31.3 Å². The highest BCUT2D eigenvalue weighted by Gasteiger charge is 2.10. The molecule has 0 bridgehead atoms. The molecule has 0 aliphatic heterocycles. The van der Waals surface area contributed by atoms with Crippen molar-refractivity contribution in [1.82, 2.24) is 20.8 Å². The number of guanidine groups is 1. The minimum absolute atomic E-state index is 0.259. The van der Waals surface area contributed by atoms with Crippen LogP contribution < -0.4 is 10.6 Å². The Balaban J connectivity index is 1.50. The maximum absolute atomic E-state index is 13.6. The lowest BCUT2D eigenvalue weighted by molar-refractivity contribution is 0.375. The van der Waals surface area contributed by atoms with Crippen molar-refractivity contribution in [3.05, 3.63) is 70.6 Å². The van der Waals surface area contributed by atoms with Crippen molar-refractivity contribution in [2.45, 2.75) is 13.0 Å². The van der Waals surface area contributed by atoms with Gasteiger partial charge in [0.1, 0.15) is 11.6 Å². The van der Waals surface area contributed by atoms with Crippen LogP contribution in [-0.4, -0.2) is 29.7 Å². The van der Waals surface area contributed by atoms with E-state index in [1.165, 1.54) is 6.07 Å². The van der Waals surface area contributed by atoms with Crippen LogP contribution in [0.3, 0.4) is 0 Å². The van der Waals surface area contributed by atoms with Gasteiger partial charge in [0, 0.05) is 24.2 Å². The summed E-state index contributed by atoms with van der Waals surface area (Å²) in [6.07, 6.45) is 0.311. The van der Waals surface area contributed by atoms with E-state index < -0.39 is 11.6 Å². The second kappa shape index (κ2) is 9.27. The lowest BCUT2D eigenvalue weighted by Crippen LogP contribution is -2.38. The SMILES string of the molecule is CN=C(NCCc1cc(F)ccc1F)NCc1nc(-c2ccc(Cl)cc2)no1. The smallest absolute Gasteiger partial charge is 0.246 e. The Kier molecular flexibility index (Phi) is 6.54. The molecule has 1 heterocycles. The number of nitrogens with zero attached hydrogens (tertiary/aromatic N) is 3. The highest BCUT2D eigenvalue weighted by Crippen LogP contribution is 2.18. The zero-order valence-electron chi connectivity index (χ0n) is 15.0. The molecule has 0 amide bonds. The Morgan fingerprint density at radius 3 is 2.68 bits per heavy atom. The summed E-state index contributed by atoms with van der Waals surface area (Å²) < 4.78 is 32.0. The summed E-state index contributed by atoms with van der Waals surface area (Å²) in [4.78, 5) is 8.38. The van der Waals surface area contributed by atoms with E-state index in [0.29, 0.717) is 41.2 Å². The van der Waals surface area contributed by atoms with Gasteiger partial charge in [-0.2, -0.15) is 4.98 Å².